The maximum absolute atomic E-state index is 12.3. The Morgan fingerprint density at radius 1 is 1.14 bits per heavy atom. The van der Waals surface area contributed by atoms with E-state index in [4.69, 9.17) is 4.74 Å². The molecule has 5 nitrogen and oxygen atoms in total. The lowest BCUT2D eigenvalue weighted by Crippen LogP contribution is -2.32. The van der Waals surface area contributed by atoms with Crippen LogP contribution in [0.25, 0.3) is 0 Å². The topological polar surface area (TPSA) is 78.8 Å². The molecular formula is C16H15NO4. The van der Waals surface area contributed by atoms with Crippen LogP contribution in [0.4, 0.5) is 0 Å². The fourth-order valence-electron chi connectivity index (χ4n) is 2.44. The van der Waals surface area contributed by atoms with Crippen molar-refractivity contribution in [2.75, 3.05) is 6.61 Å². The van der Waals surface area contributed by atoms with Crippen molar-refractivity contribution in [3.63, 3.8) is 0 Å². The molecule has 3 rings (SSSR count). The zero-order valence-corrected chi connectivity index (χ0v) is 11.2. The Morgan fingerprint density at radius 3 is 2.81 bits per heavy atom. The fourth-order valence-corrected chi connectivity index (χ4v) is 2.44. The van der Waals surface area contributed by atoms with Crippen molar-refractivity contribution in [2.45, 2.75) is 12.5 Å². The molecule has 3 N–H and O–H groups in total. The maximum Gasteiger partial charge on any atom is 0.255 e. The third-order valence-electron chi connectivity index (χ3n) is 3.52. The zero-order chi connectivity index (χ0) is 14.8. The molecule has 1 unspecified atom stereocenters. The molecular weight excluding hydrogens is 270 g/mol. The first-order valence-electron chi connectivity index (χ1n) is 6.70. The lowest BCUT2D eigenvalue weighted by Gasteiger charge is -2.26. The van der Waals surface area contributed by atoms with E-state index in [1.807, 2.05) is 24.3 Å². The second-order valence-corrected chi connectivity index (χ2v) is 4.87. The van der Waals surface area contributed by atoms with Gasteiger partial charge in [0.25, 0.3) is 5.91 Å². The van der Waals surface area contributed by atoms with Crippen LogP contribution in [0.3, 0.4) is 0 Å². The molecule has 1 aliphatic heterocycles. The van der Waals surface area contributed by atoms with Crippen molar-refractivity contribution in [3.05, 3.63) is 53.6 Å². The molecule has 0 radical (unpaired) electrons. The number of rotatable bonds is 2. The summed E-state index contributed by atoms with van der Waals surface area (Å²) >= 11 is 0. The highest BCUT2D eigenvalue weighted by molar-refractivity contribution is 5.97. The number of carbonyl (C=O) groups excluding carboxylic acids is 1. The lowest BCUT2D eigenvalue weighted by molar-refractivity contribution is 0.0921. The standard InChI is InChI=1S/C16H15NO4/c18-13-6-3-5-11(15(13)19)16(20)17-12-8-9-21-14-7-2-1-4-10(12)14/h1-7,12,18-19H,8-9H2,(H,17,20). The molecule has 0 bridgehead atoms. The SMILES string of the molecule is O=C(NC1CCOc2ccccc21)c1cccc(O)c1O. The molecule has 0 saturated carbocycles. The first-order chi connectivity index (χ1) is 10.2. The molecule has 2 aromatic carbocycles. The lowest BCUT2D eigenvalue weighted by atomic mass is 10.00. The zero-order valence-electron chi connectivity index (χ0n) is 11.2. The maximum atomic E-state index is 12.3. The van der Waals surface area contributed by atoms with E-state index in [1.54, 1.807) is 0 Å². The number of benzene rings is 2. The third-order valence-corrected chi connectivity index (χ3v) is 3.52. The van der Waals surface area contributed by atoms with Crippen molar-refractivity contribution in [2.24, 2.45) is 0 Å². The highest BCUT2D eigenvalue weighted by Gasteiger charge is 2.24. The molecule has 21 heavy (non-hydrogen) atoms. The van der Waals surface area contributed by atoms with Gasteiger partial charge in [-0.15, -0.1) is 0 Å². The summed E-state index contributed by atoms with van der Waals surface area (Å²) in [5.41, 5.74) is 0.968. The molecule has 0 aliphatic carbocycles. The van der Waals surface area contributed by atoms with Gasteiger partial charge in [0.2, 0.25) is 0 Å². The van der Waals surface area contributed by atoms with Crippen molar-refractivity contribution in [1.82, 2.24) is 5.32 Å². The van der Waals surface area contributed by atoms with Gasteiger partial charge in [-0.3, -0.25) is 4.79 Å². The van der Waals surface area contributed by atoms with Crippen LogP contribution < -0.4 is 10.1 Å². The normalized spacial score (nSPS) is 16.7. The minimum atomic E-state index is -0.426. The van der Waals surface area contributed by atoms with E-state index in [9.17, 15) is 15.0 Å². The Kier molecular flexibility index (Phi) is 3.39. The van der Waals surface area contributed by atoms with E-state index in [-0.39, 0.29) is 17.4 Å². The number of carbonyl (C=O) groups is 1. The highest BCUT2D eigenvalue weighted by Crippen LogP contribution is 2.33. The molecule has 1 amide bonds. The minimum absolute atomic E-state index is 0.0546. The van der Waals surface area contributed by atoms with Crippen LogP contribution >= 0.6 is 0 Å². The third kappa shape index (κ3) is 2.50. The molecule has 1 atom stereocenters. The Morgan fingerprint density at radius 2 is 1.95 bits per heavy atom. The van der Waals surface area contributed by atoms with Gasteiger partial charge < -0.3 is 20.3 Å². The Balaban J connectivity index is 1.85. The van der Waals surface area contributed by atoms with Crippen LogP contribution in [0, 0.1) is 0 Å². The molecule has 1 aliphatic rings. The summed E-state index contributed by atoms with van der Waals surface area (Å²) in [4.78, 5) is 12.3. The van der Waals surface area contributed by atoms with Gasteiger partial charge in [0.05, 0.1) is 18.2 Å². The molecule has 0 saturated heterocycles. The number of phenolic OH excluding ortho intramolecular Hbond substituents is 2. The van der Waals surface area contributed by atoms with E-state index in [2.05, 4.69) is 5.32 Å². The summed E-state index contributed by atoms with van der Waals surface area (Å²) in [5, 5.41) is 22.1. The molecule has 0 spiro atoms. The van der Waals surface area contributed by atoms with Crippen molar-refractivity contribution < 1.29 is 19.7 Å². The second kappa shape index (κ2) is 5.36. The summed E-state index contributed by atoms with van der Waals surface area (Å²) in [6, 6.07) is 11.7. The Bertz CT molecular complexity index is 684. The van der Waals surface area contributed by atoms with Gasteiger partial charge in [-0.05, 0) is 18.2 Å². The fraction of sp³-hybridized carbons (Fsp3) is 0.188. The van der Waals surface area contributed by atoms with Crippen LogP contribution in [0.5, 0.6) is 17.2 Å². The second-order valence-electron chi connectivity index (χ2n) is 4.87. The van der Waals surface area contributed by atoms with Crippen molar-refractivity contribution in [3.8, 4) is 17.2 Å². The van der Waals surface area contributed by atoms with Gasteiger partial charge in [-0.25, -0.2) is 0 Å². The number of nitrogens with one attached hydrogen (secondary N) is 1. The summed E-state index contributed by atoms with van der Waals surface area (Å²) < 4.78 is 5.54. The van der Waals surface area contributed by atoms with Crippen LogP contribution in [0.2, 0.25) is 0 Å². The number of ether oxygens (including phenoxy) is 1. The smallest absolute Gasteiger partial charge is 0.255 e. The van der Waals surface area contributed by atoms with E-state index >= 15 is 0 Å². The van der Waals surface area contributed by atoms with Crippen molar-refractivity contribution >= 4 is 5.91 Å². The number of hydrogen-bond donors (Lipinski definition) is 3. The average Bonchev–Trinajstić information content (AvgIpc) is 2.50. The number of amides is 1. The van der Waals surface area contributed by atoms with Gasteiger partial charge >= 0.3 is 0 Å². The van der Waals surface area contributed by atoms with Gasteiger partial charge in [0.15, 0.2) is 11.5 Å². The number of phenols is 2. The van der Waals surface area contributed by atoms with Gasteiger partial charge in [0, 0.05) is 12.0 Å². The van der Waals surface area contributed by atoms with E-state index in [1.165, 1.54) is 18.2 Å². The number of fused-ring (bicyclic) bond motifs is 1. The minimum Gasteiger partial charge on any atom is -0.504 e. The van der Waals surface area contributed by atoms with Gasteiger partial charge in [0.1, 0.15) is 5.75 Å². The molecule has 1 heterocycles. The van der Waals surface area contributed by atoms with E-state index in [0.717, 1.165) is 11.3 Å². The molecule has 2 aromatic rings. The quantitative estimate of drug-likeness (QED) is 0.740. The van der Waals surface area contributed by atoms with Crippen LogP contribution in [-0.2, 0) is 0 Å². The van der Waals surface area contributed by atoms with Gasteiger partial charge in [-0.2, -0.15) is 0 Å². The summed E-state index contributed by atoms with van der Waals surface area (Å²) in [6.07, 6.45) is 0.655. The largest absolute Gasteiger partial charge is 0.504 e. The molecule has 0 aromatic heterocycles. The Labute approximate surface area is 121 Å². The first kappa shape index (κ1) is 13.3. The number of para-hydroxylation sites is 2. The molecule has 0 fully saturated rings. The van der Waals surface area contributed by atoms with E-state index < -0.39 is 11.7 Å². The van der Waals surface area contributed by atoms with Crippen LogP contribution in [-0.4, -0.2) is 22.7 Å². The van der Waals surface area contributed by atoms with Crippen LogP contribution in [0.15, 0.2) is 42.5 Å². The van der Waals surface area contributed by atoms with Crippen LogP contribution in [0.1, 0.15) is 28.4 Å². The summed E-state index contributed by atoms with van der Waals surface area (Å²) in [7, 11) is 0. The van der Waals surface area contributed by atoms with E-state index in [0.29, 0.717) is 13.0 Å². The monoisotopic (exact) mass is 285 g/mol. The molecule has 108 valence electrons. The Hall–Kier alpha value is -2.69. The van der Waals surface area contributed by atoms with Gasteiger partial charge in [-0.1, -0.05) is 24.3 Å². The summed E-state index contributed by atoms with van der Waals surface area (Å²) in [5.74, 6) is -0.385. The average molecular weight is 285 g/mol. The summed E-state index contributed by atoms with van der Waals surface area (Å²) in [6.45, 7) is 0.522. The number of aromatic hydroxyl groups is 2. The van der Waals surface area contributed by atoms with Crippen molar-refractivity contribution in [1.29, 1.82) is 0 Å². The number of hydrogen-bond acceptors (Lipinski definition) is 4. The highest BCUT2D eigenvalue weighted by atomic mass is 16.5. The predicted octanol–water partition coefficient (Wildman–Crippen LogP) is 2.35. The molecule has 5 heteroatoms. The first-order valence-corrected chi connectivity index (χ1v) is 6.70. The predicted molar refractivity (Wildman–Crippen MR) is 76.5 cm³/mol.